The van der Waals surface area contributed by atoms with E-state index in [1.807, 2.05) is 23.1 Å². The molecule has 0 N–H and O–H groups in total. The molecule has 5 aromatic rings. The highest BCUT2D eigenvalue weighted by atomic mass is 19.2. The lowest BCUT2D eigenvalue weighted by molar-refractivity contribution is -0.135. The maximum atomic E-state index is 13.9. The average Bonchev–Trinajstić information content (AvgIpc) is 3.36. The smallest absolute Gasteiger partial charge is 0.242 e. The zero-order chi connectivity index (χ0) is 28.6. The molecule has 0 unspecified atom stereocenters. The summed E-state index contributed by atoms with van der Waals surface area (Å²) in [6.07, 6.45) is 5.98. The number of rotatable bonds is 5. The van der Waals surface area contributed by atoms with Gasteiger partial charge in [0, 0.05) is 34.9 Å². The van der Waals surface area contributed by atoms with E-state index in [1.165, 1.54) is 36.3 Å². The molecule has 42 heavy (non-hydrogen) atoms. The van der Waals surface area contributed by atoms with Crippen molar-refractivity contribution >= 4 is 27.7 Å². The van der Waals surface area contributed by atoms with Crippen molar-refractivity contribution in [2.75, 3.05) is 26.3 Å². The third-order valence-corrected chi connectivity index (χ3v) is 8.86. The number of halogens is 2. The van der Waals surface area contributed by atoms with Gasteiger partial charge in [-0.05, 0) is 72.4 Å². The predicted molar refractivity (Wildman–Crippen MR) is 161 cm³/mol. The summed E-state index contributed by atoms with van der Waals surface area (Å²) in [5, 5.41) is 2.17. The van der Waals surface area contributed by atoms with Crippen LogP contribution in [0.25, 0.3) is 44.3 Å². The van der Waals surface area contributed by atoms with Crippen LogP contribution < -0.4 is 0 Å². The molecule has 5 nitrogen and oxygen atoms in total. The molecule has 0 bridgehead atoms. The fraction of sp³-hybridized carbons (Fsp3) is 0.314. The molecular weight excluding hydrogens is 532 g/mol. The van der Waals surface area contributed by atoms with E-state index >= 15 is 0 Å². The number of nitrogens with zero attached hydrogens (tertiary/aromatic N) is 3. The van der Waals surface area contributed by atoms with E-state index in [9.17, 15) is 13.6 Å². The van der Waals surface area contributed by atoms with Gasteiger partial charge in [0.05, 0.1) is 30.1 Å². The number of pyridine rings is 1. The number of ether oxygens (including phenoxy) is 1. The quantitative estimate of drug-likeness (QED) is 0.219. The van der Waals surface area contributed by atoms with E-state index in [-0.39, 0.29) is 12.5 Å². The first-order valence-electron chi connectivity index (χ1n) is 14.9. The summed E-state index contributed by atoms with van der Waals surface area (Å²) in [7, 11) is 0. The van der Waals surface area contributed by atoms with Crippen molar-refractivity contribution < 1.29 is 18.3 Å². The Morgan fingerprint density at radius 2 is 1.64 bits per heavy atom. The summed E-state index contributed by atoms with van der Waals surface area (Å²) in [4.78, 5) is 20.3. The van der Waals surface area contributed by atoms with Crippen molar-refractivity contribution in [3.63, 3.8) is 0 Å². The molecule has 214 valence electrons. The van der Waals surface area contributed by atoms with Gasteiger partial charge in [-0.3, -0.25) is 4.79 Å². The molecule has 1 saturated heterocycles. The zero-order valence-corrected chi connectivity index (χ0v) is 23.5. The molecule has 3 heterocycles. The number of carbonyl (C=O) groups excluding carboxylic acids is 1. The van der Waals surface area contributed by atoms with Crippen LogP contribution in [0.2, 0.25) is 0 Å². The van der Waals surface area contributed by atoms with Gasteiger partial charge >= 0.3 is 0 Å². The molecule has 0 atom stereocenters. The van der Waals surface area contributed by atoms with Gasteiger partial charge in [0.15, 0.2) is 11.6 Å². The second-order valence-corrected chi connectivity index (χ2v) is 11.4. The van der Waals surface area contributed by atoms with Crippen molar-refractivity contribution in [2.24, 2.45) is 0 Å². The van der Waals surface area contributed by atoms with E-state index in [4.69, 9.17) is 9.72 Å². The van der Waals surface area contributed by atoms with Crippen molar-refractivity contribution in [3.8, 4) is 22.5 Å². The number of para-hydroxylation sites is 1. The molecular formula is C35H33F2N3O2. The van der Waals surface area contributed by atoms with Gasteiger partial charge in [0.25, 0.3) is 0 Å². The predicted octanol–water partition coefficient (Wildman–Crippen LogP) is 7.71. The van der Waals surface area contributed by atoms with Crippen LogP contribution in [0.4, 0.5) is 8.78 Å². The van der Waals surface area contributed by atoms with Gasteiger partial charge in [-0.2, -0.15) is 0 Å². The van der Waals surface area contributed by atoms with Gasteiger partial charge in [-0.1, -0.05) is 49.6 Å². The number of fused-ring (bicyclic) bond motifs is 2. The monoisotopic (exact) mass is 565 g/mol. The fourth-order valence-corrected chi connectivity index (χ4v) is 6.75. The van der Waals surface area contributed by atoms with Crippen LogP contribution in [-0.4, -0.2) is 46.7 Å². The Labute approximate surface area is 243 Å². The van der Waals surface area contributed by atoms with Crippen LogP contribution >= 0.6 is 0 Å². The molecule has 1 aliphatic heterocycles. The van der Waals surface area contributed by atoms with Crippen LogP contribution in [0.3, 0.4) is 0 Å². The van der Waals surface area contributed by atoms with Gasteiger partial charge < -0.3 is 14.2 Å². The second-order valence-electron chi connectivity index (χ2n) is 11.4. The number of amides is 1. The van der Waals surface area contributed by atoms with Crippen LogP contribution in [0.15, 0.2) is 72.8 Å². The summed E-state index contributed by atoms with van der Waals surface area (Å²) in [6, 6.07) is 22.4. The Bertz CT molecular complexity index is 1780. The van der Waals surface area contributed by atoms with E-state index < -0.39 is 11.6 Å². The van der Waals surface area contributed by atoms with Crippen LogP contribution in [0, 0.1) is 11.6 Å². The minimum atomic E-state index is -0.889. The number of morpholine rings is 1. The fourth-order valence-electron chi connectivity index (χ4n) is 6.75. The lowest BCUT2D eigenvalue weighted by Crippen LogP contribution is -2.42. The van der Waals surface area contributed by atoms with Crippen LogP contribution in [-0.2, 0) is 16.1 Å². The minimum absolute atomic E-state index is 0.106. The number of hydrogen-bond donors (Lipinski definition) is 0. The molecule has 2 fully saturated rings. The molecule has 1 saturated carbocycles. The van der Waals surface area contributed by atoms with E-state index in [2.05, 4.69) is 41.0 Å². The summed E-state index contributed by atoms with van der Waals surface area (Å²) in [5.74, 6) is -1.23. The Hall–Kier alpha value is -4.10. The molecule has 7 heteroatoms. The molecule has 2 aliphatic rings. The maximum absolute atomic E-state index is 13.9. The Balaban J connectivity index is 1.36. The summed E-state index contributed by atoms with van der Waals surface area (Å²) >= 11 is 0. The van der Waals surface area contributed by atoms with Gasteiger partial charge in [-0.15, -0.1) is 0 Å². The molecule has 3 aromatic carbocycles. The summed E-state index contributed by atoms with van der Waals surface area (Å²) < 4.78 is 35.1. The largest absolute Gasteiger partial charge is 0.378 e. The zero-order valence-electron chi connectivity index (χ0n) is 23.5. The molecule has 7 rings (SSSR count). The Morgan fingerprint density at radius 3 is 2.45 bits per heavy atom. The van der Waals surface area contributed by atoms with Crippen LogP contribution in [0.5, 0.6) is 0 Å². The van der Waals surface area contributed by atoms with Gasteiger partial charge in [0.2, 0.25) is 5.91 Å². The SMILES string of the molecule is O=C(Cn1c(-c2ccc3nc(-c4ccc(F)c(F)c4)ccc3c2)c(C2CCCCC2)c2ccccc21)N1CCOCC1. The third kappa shape index (κ3) is 4.96. The number of benzene rings is 3. The molecule has 1 aliphatic carbocycles. The minimum Gasteiger partial charge on any atom is -0.378 e. The van der Waals surface area contributed by atoms with E-state index in [0.717, 1.165) is 46.6 Å². The topological polar surface area (TPSA) is 47.4 Å². The summed E-state index contributed by atoms with van der Waals surface area (Å²) in [5.41, 5.74) is 6.47. The van der Waals surface area contributed by atoms with Crippen molar-refractivity contribution in [1.82, 2.24) is 14.5 Å². The lowest BCUT2D eigenvalue weighted by atomic mass is 9.82. The van der Waals surface area contributed by atoms with E-state index in [1.54, 1.807) is 6.07 Å². The number of carbonyl (C=O) groups is 1. The van der Waals surface area contributed by atoms with Gasteiger partial charge in [-0.25, -0.2) is 13.8 Å². The standard InChI is InChI=1S/C35H33F2N3O2/c36-28-13-10-25(21-29(28)37)31-14-11-24-20-26(12-15-30(24)38-31)35-34(23-6-2-1-3-7-23)27-8-4-5-9-32(27)40(35)22-33(41)39-16-18-42-19-17-39/h4-5,8-15,20-21,23H,1-3,6-7,16-19,22H2. The number of hydrogen-bond acceptors (Lipinski definition) is 3. The van der Waals surface area contributed by atoms with Crippen molar-refractivity contribution in [1.29, 1.82) is 0 Å². The summed E-state index contributed by atoms with van der Waals surface area (Å²) in [6.45, 7) is 2.65. The maximum Gasteiger partial charge on any atom is 0.242 e. The molecule has 0 spiro atoms. The molecule has 1 amide bonds. The Kier molecular flexibility index (Phi) is 7.20. The molecule has 2 aromatic heterocycles. The number of aromatic nitrogens is 2. The highest BCUT2D eigenvalue weighted by Crippen LogP contribution is 2.44. The third-order valence-electron chi connectivity index (χ3n) is 8.86. The van der Waals surface area contributed by atoms with Crippen molar-refractivity contribution in [3.05, 3.63) is 90.0 Å². The van der Waals surface area contributed by atoms with E-state index in [0.29, 0.717) is 43.5 Å². The normalized spacial score (nSPS) is 16.4. The van der Waals surface area contributed by atoms with Gasteiger partial charge in [0.1, 0.15) is 6.54 Å². The second kappa shape index (κ2) is 11.3. The highest BCUT2D eigenvalue weighted by Gasteiger charge is 2.28. The van der Waals surface area contributed by atoms with Crippen molar-refractivity contribution in [2.45, 2.75) is 44.6 Å². The van der Waals surface area contributed by atoms with Crippen LogP contribution in [0.1, 0.15) is 43.6 Å². The highest BCUT2D eigenvalue weighted by molar-refractivity contribution is 5.96. The molecule has 0 radical (unpaired) electrons. The first kappa shape index (κ1) is 26.8. The first-order chi connectivity index (χ1) is 20.6. The first-order valence-corrected chi connectivity index (χ1v) is 14.9. The Morgan fingerprint density at radius 1 is 0.857 bits per heavy atom. The lowest BCUT2D eigenvalue weighted by Gasteiger charge is -2.28. The average molecular weight is 566 g/mol.